The average Bonchev–Trinajstić information content (AvgIpc) is 2.49. The van der Waals surface area contributed by atoms with E-state index in [1.807, 2.05) is 6.92 Å². The van der Waals surface area contributed by atoms with Crippen molar-refractivity contribution in [3.8, 4) is 22.6 Å². The lowest BCUT2D eigenvalue weighted by Gasteiger charge is -2.10. The summed E-state index contributed by atoms with van der Waals surface area (Å²) in [5.41, 5.74) is 0.790. The zero-order chi connectivity index (χ0) is 14.5. The van der Waals surface area contributed by atoms with E-state index in [-0.39, 0.29) is 11.3 Å². The largest absolute Gasteiger partial charge is 0.497 e. The molecule has 2 rings (SSSR count). The van der Waals surface area contributed by atoms with Crippen molar-refractivity contribution in [1.82, 2.24) is 0 Å². The van der Waals surface area contributed by atoms with Gasteiger partial charge in [0.2, 0.25) is 5.82 Å². The summed E-state index contributed by atoms with van der Waals surface area (Å²) in [5, 5.41) is 0. The maximum absolute atomic E-state index is 14.1. The molecule has 2 aromatic carbocycles. The fourth-order valence-electron chi connectivity index (χ4n) is 1.85. The molecule has 2 nitrogen and oxygen atoms in total. The number of hydrogen-bond acceptors (Lipinski definition) is 2. The lowest BCUT2D eigenvalue weighted by Crippen LogP contribution is -2.00. The molecule has 0 heterocycles. The molecule has 0 aromatic heterocycles. The van der Waals surface area contributed by atoms with Crippen molar-refractivity contribution in [2.24, 2.45) is 0 Å². The second-order valence-electron chi connectivity index (χ2n) is 4.32. The van der Waals surface area contributed by atoms with Gasteiger partial charge in [-0.3, -0.25) is 0 Å². The van der Waals surface area contributed by atoms with Crippen LogP contribution in [0, 0.1) is 11.6 Å². The molecular weight excluding hydrogens is 262 g/mol. The minimum absolute atomic E-state index is 0.0541. The minimum Gasteiger partial charge on any atom is -0.497 e. The highest BCUT2D eigenvalue weighted by Gasteiger charge is 2.15. The van der Waals surface area contributed by atoms with Crippen molar-refractivity contribution >= 4 is 0 Å². The molecule has 0 aliphatic heterocycles. The average molecular weight is 278 g/mol. The van der Waals surface area contributed by atoms with Crippen molar-refractivity contribution in [1.29, 1.82) is 0 Å². The van der Waals surface area contributed by atoms with Crippen LogP contribution in [0.5, 0.6) is 11.5 Å². The van der Waals surface area contributed by atoms with Gasteiger partial charge in [-0.05, 0) is 36.2 Å². The van der Waals surface area contributed by atoms with Gasteiger partial charge in [-0.1, -0.05) is 19.1 Å². The molecule has 2 aromatic rings. The predicted octanol–water partition coefficient (Wildman–Crippen LogP) is 4.43. The van der Waals surface area contributed by atoms with Crippen molar-refractivity contribution in [2.75, 3.05) is 13.7 Å². The molecule has 0 spiro atoms. The SMILES string of the molecule is CCCOc1ccc(-c2ccc(OC)cc2)c(F)c1F. The summed E-state index contributed by atoms with van der Waals surface area (Å²) in [6.45, 7) is 2.26. The Balaban J connectivity index is 2.34. The van der Waals surface area contributed by atoms with Gasteiger partial charge in [0.1, 0.15) is 5.75 Å². The zero-order valence-corrected chi connectivity index (χ0v) is 11.5. The number of hydrogen-bond donors (Lipinski definition) is 0. The first-order valence-corrected chi connectivity index (χ1v) is 6.42. The van der Waals surface area contributed by atoms with Crippen molar-refractivity contribution in [3.05, 3.63) is 48.0 Å². The normalized spacial score (nSPS) is 10.4. The van der Waals surface area contributed by atoms with Crippen molar-refractivity contribution < 1.29 is 18.3 Å². The van der Waals surface area contributed by atoms with Crippen LogP contribution in [-0.4, -0.2) is 13.7 Å². The van der Waals surface area contributed by atoms with Gasteiger partial charge in [-0.25, -0.2) is 4.39 Å². The van der Waals surface area contributed by atoms with E-state index in [1.54, 1.807) is 31.4 Å². The highest BCUT2D eigenvalue weighted by atomic mass is 19.2. The van der Waals surface area contributed by atoms with Gasteiger partial charge in [0.25, 0.3) is 0 Å². The Morgan fingerprint density at radius 1 is 0.950 bits per heavy atom. The molecule has 0 aliphatic rings. The quantitative estimate of drug-likeness (QED) is 0.805. The van der Waals surface area contributed by atoms with E-state index in [0.717, 1.165) is 6.42 Å². The second-order valence-corrected chi connectivity index (χ2v) is 4.32. The van der Waals surface area contributed by atoms with Gasteiger partial charge in [-0.15, -0.1) is 0 Å². The van der Waals surface area contributed by atoms with E-state index >= 15 is 0 Å². The Kier molecular flexibility index (Phi) is 4.56. The molecule has 0 atom stereocenters. The maximum Gasteiger partial charge on any atom is 0.201 e. The molecule has 0 bridgehead atoms. The summed E-state index contributed by atoms with van der Waals surface area (Å²) in [6.07, 6.45) is 0.737. The van der Waals surface area contributed by atoms with Crippen LogP contribution in [0.15, 0.2) is 36.4 Å². The Hall–Kier alpha value is -2.10. The third-order valence-corrected chi connectivity index (χ3v) is 2.91. The van der Waals surface area contributed by atoms with E-state index in [1.165, 1.54) is 12.1 Å². The van der Waals surface area contributed by atoms with E-state index < -0.39 is 11.6 Å². The lowest BCUT2D eigenvalue weighted by atomic mass is 10.0. The minimum atomic E-state index is -0.952. The molecule has 0 saturated heterocycles. The van der Waals surface area contributed by atoms with Gasteiger partial charge in [-0.2, -0.15) is 4.39 Å². The molecule has 0 amide bonds. The molecule has 4 heteroatoms. The van der Waals surface area contributed by atoms with Gasteiger partial charge in [0, 0.05) is 5.56 Å². The van der Waals surface area contributed by atoms with Crippen LogP contribution >= 0.6 is 0 Å². The highest BCUT2D eigenvalue weighted by molar-refractivity contribution is 5.66. The standard InChI is InChI=1S/C16H16F2O2/c1-3-10-20-14-9-8-13(15(17)16(14)18)11-4-6-12(19-2)7-5-11/h4-9H,3,10H2,1-2H3. The molecule has 20 heavy (non-hydrogen) atoms. The Labute approximate surface area is 117 Å². The third kappa shape index (κ3) is 2.90. The number of ether oxygens (including phenoxy) is 2. The summed E-state index contributed by atoms with van der Waals surface area (Å²) >= 11 is 0. The van der Waals surface area contributed by atoms with Crippen molar-refractivity contribution in [2.45, 2.75) is 13.3 Å². The van der Waals surface area contributed by atoms with E-state index in [0.29, 0.717) is 17.9 Å². The van der Waals surface area contributed by atoms with Crippen LogP contribution < -0.4 is 9.47 Å². The first-order chi connectivity index (χ1) is 9.67. The monoisotopic (exact) mass is 278 g/mol. The summed E-state index contributed by atoms with van der Waals surface area (Å²) in [6, 6.07) is 9.74. The molecule has 0 N–H and O–H groups in total. The summed E-state index contributed by atoms with van der Waals surface area (Å²) < 4.78 is 38.2. The van der Waals surface area contributed by atoms with Crippen LogP contribution in [-0.2, 0) is 0 Å². The molecular formula is C16H16F2O2. The smallest absolute Gasteiger partial charge is 0.201 e. The lowest BCUT2D eigenvalue weighted by molar-refractivity contribution is 0.295. The number of benzene rings is 2. The van der Waals surface area contributed by atoms with E-state index in [9.17, 15) is 8.78 Å². The van der Waals surface area contributed by atoms with Crippen LogP contribution in [0.3, 0.4) is 0 Å². The van der Waals surface area contributed by atoms with Gasteiger partial charge in [0.15, 0.2) is 11.6 Å². The fraction of sp³-hybridized carbons (Fsp3) is 0.250. The molecule has 0 fully saturated rings. The van der Waals surface area contributed by atoms with E-state index in [4.69, 9.17) is 9.47 Å². The first-order valence-electron chi connectivity index (χ1n) is 6.42. The highest BCUT2D eigenvalue weighted by Crippen LogP contribution is 2.30. The molecule has 0 radical (unpaired) electrons. The Morgan fingerprint density at radius 3 is 2.25 bits per heavy atom. The molecule has 0 aliphatic carbocycles. The summed E-state index contributed by atoms with van der Waals surface area (Å²) in [7, 11) is 1.55. The predicted molar refractivity (Wildman–Crippen MR) is 74.1 cm³/mol. The van der Waals surface area contributed by atoms with Crippen LogP contribution in [0.4, 0.5) is 8.78 Å². The Bertz CT molecular complexity index is 580. The van der Waals surface area contributed by atoms with Gasteiger partial charge >= 0.3 is 0 Å². The van der Waals surface area contributed by atoms with Crippen LogP contribution in [0.25, 0.3) is 11.1 Å². The fourth-order valence-corrected chi connectivity index (χ4v) is 1.85. The maximum atomic E-state index is 14.1. The number of rotatable bonds is 5. The number of halogens is 2. The van der Waals surface area contributed by atoms with Crippen molar-refractivity contribution in [3.63, 3.8) is 0 Å². The van der Waals surface area contributed by atoms with Crippen LogP contribution in [0.2, 0.25) is 0 Å². The van der Waals surface area contributed by atoms with E-state index in [2.05, 4.69) is 0 Å². The van der Waals surface area contributed by atoms with Crippen LogP contribution in [0.1, 0.15) is 13.3 Å². The first kappa shape index (κ1) is 14.3. The molecule has 0 saturated carbocycles. The molecule has 0 unspecified atom stereocenters. The summed E-state index contributed by atoms with van der Waals surface area (Å²) in [4.78, 5) is 0. The Morgan fingerprint density at radius 2 is 1.65 bits per heavy atom. The number of methoxy groups -OCH3 is 1. The molecule has 106 valence electrons. The second kappa shape index (κ2) is 6.37. The topological polar surface area (TPSA) is 18.5 Å². The van der Waals surface area contributed by atoms with Gasteiger partial charge in [0.05, 0.1) is 13.7 Å². The zero-order valence-electron chi connectivity index (χ0n) is 11.5. The van der Waals surface area contributed by atoms with Gasteiger partial charge < -0.3 is 9.47 Å². The summed E-state index contributed by atoms with van der Waals surface area (Å²) in [5.74, 6) is -1.24. The third-order valence-electron chi connectivity index (χ3n) is 2.91.